The second-order valence-corrected chi connectivity index (χ2v) is 21.4. The number of allylic oxidation sites excluding steroid dienone is 3. The molecule has 0 aromatic rings. The van der Waals surface area contributed by atoms with Gasteiger partial charge in [0.25, 0.3) is 0 Å². The number of unbranched alkanes of at least 4 members (excludes halogenated alkanes) is 35. The highest BCUT2D eigenvalue weighted by molar-refractivity contribution is 7.47. The van der Waals surface area contributed by atoms with E-state index in [-0.39, 0.29) is 19.1 Å². The van der Waals surface area contributed by atoms with E-state index in [4.69, 9.17) is 9.05 Å². The van der Waals surface area contributed by atoms with Crippen LogP contribution in [-0.2, 0) is 18.4 Å². The average Bonchev–Trinajstić information content (AvgIpc) is 3.24. The zero-order chi connectivity index (χ0) is 46.4. The number of aliphatic hydroxyl groups excluding tert-OH is 1. The third-order valence-corrected chi connectivity index (χ3v) is 13.4. The van der Waals surface area contributed by atoms with Crippen LogP contribution in [0.5, 0.6) is 0 Å². The molecule has 0 aliphatic heterocycles. The Balaban J connectivity index is 4.13. The maximum absolute atomic E-state index is 12.9. The van der Waals surface area contributed by atoms with Crippen LogP contribution in [0, 0.1) is 0 Å². The van der Waals surface area contributed by atoms with Crippen molar-refractivity contribution < 1.29 is 32.9 Å². The summed E-state index contributed by atoms with van der Waals surface area (Å²) in [6.45, 7) is 4.84. The van der Waals surface area contributed by atoms with E-state index < -0.39 is 20.0 Å². The van der Waals surface area contributed by atoms with E-state index in [0.29, 0.717) is 17.4 Å². The summed E-state index contributed by atoms with van der Waals surface area (Å²) in [6, 6.07) is -0.843. The molecule has 0 saturated carbocycles. The Morgan fingerprint density at radius 2 is 0.857 bits per heavy atom. The predicted molar refractivity (Wildman–Crippen MR) is 272 cm³/mol. The molecule has 3 unspecified atom stereocenters. The topological polar surface area (TPSA) is 105 Å². The van der Waals surface area contributed by atoms with E-state index in [1.54, 1.807) is 6.08 Å². The number of nitrogens with zero attached hydrogens (tertiary/aromatic N) is 1. The molecule has 3 N–H and O–H groups in total. The Bertz CT molecular complexity index is 1080. The Morgan fingerprint density at radius 1 is 0.524 bits per heavy atom. The molecule has 0 heterocycles. The molecule has 8 nitrogen and oxygen atoms in total. The Labute approximate surface area is 392 Å². The number of carbonyl (C=O) groups excluding carboxylic acids is 1. The summed E-state index contributed by atoms with van der Waals surface area (Å²) in [7, 11) is 1.58. The fourth-order valence-electron chi connectivity index (χ4n) is 8.10. The lowest BCUT2D eigenvalue weighted by molar-refractivity contribution is -0.870. The van der Waals surface area contributed by atoms with E-state index in [1.165, 1.54) is 205 Å². The van der Waals surface area contributed by atoms with Crippen LogP contribution in [0.25, 0.3) is 0 Å². The highest BCUT2D eigenvalue weighted by Crippen LogP contribution is 2.43. The number of quaternary nitrogens is 1. The van der Waals surface area contributed by atoms with Gasteiger partial charge in [-0.3, -0.25) is 13.8 Å². The summed E-state index contributed by atoms with van der Waals surface area (Å²) >= 11 is 0. The van der Waals surface area contributed by atoms with Gasteiger partial charge >= 0.3 is 7.82 Å². The highest BCUT2D eigenvalue weighted by atomic mass is 31.2. The minimum absolute atomic E-state index is 0.0635. The van der Waals surface area contributed by atoms with Crippen molar-refractivity contribution in [2.75, 3.05) is 40.9 Å². The van der Waals surface area contributed by atoms with Crippen LogP contribution in [0.2, 0.25) is 0 Å². The summed E-state index contributed by atoms with van der Waals surface area (Å²) < 4.78 is 23.6. The van der Waals surface area contributed by atoms with Crippen LogP contribution >= 0.6 is 7.82 Å². The molecule has 0 aliphatic rings. The maximum Gasteiger partial charge on any atom is 0.472 e. The zero-order valence-electron chi connectivity index (χ0n) is 42.6. The lowest BCUT2D eigenvalue weighted by Crippen LogP contribution is -2.45. The Hall–Kier alpha value is -1.02. The van der Waals surface area contributed by atoms with E-state index in [2.05, 4.69) is 31.3 Å². The number of likely N-dealkylation sites (N-methyl/N-ethyl adjacent to an activating group) is 1. The summed E-state index contributed by atoms with van der Waals surface area (Å²) in [5, 5.41) is 13.9. The molecule has 374 valence electrons. The molecular formula is C54H108N2O6P+. The minimum Gasteiger partial charge on any atom is -0.387 e. The van der Waals surface area contributed by atoms with Crippen LogP contribution in [0.15, 0.2) is 24.3 Å². The number of rotatable bonds is 50. The summed E-state index contributed by atoms with van der Waals surface area (Å²) in [5.74, 6) is -0.174. The molecule has 0 aromatic heterocycles. The molecule has 0 saturated heterocycles. The second-order valence-electron chi connectivity index (χ2n) is 20.0. The second kappa shape index (κ2) is 46.1. The molecular weight excluding hydrogens is 804 g/mol. The molecule has 0 aromatic carbocycles. The molecule has 9 heteroatoms. The fourth-order valence-corrected chi connectivity index (χ4v) is 8.83. The molecule has 0 fully saturated rings. The summed E-state index contributed by atoms with van der Waals surface area (Å²) in [5.41, 5.74) is 0. The third kappa shape index (κ3) is 48.7. The minimum atomic E-state index is -4.34. The lowest BCUT2D eigenvalue weighted by Gasteiger charge is -2.25. The van der Waals surface area contributed by atoms with Crippen molar-refractivity contribution in [2.45, 2.75) is 276 Å². The van der Waals surface area contributed by atoms with Crippen LogP contribution < -0.4 is 5.32 Å². The number of phosphoric acid groups is 1. The zero-order valence-corrected chi connectivity index (χ0v) is 43.5. The van der Waals surface area contributed by atoms with Crippen molar-refractivity contribution in [3.63, 3.8) is 0 Å². The largest absolute Gasteiger partial charge is 0.472 e. The van der Waals surface area contributed by atoms with Gasteiger partial charge in [-0.2, -0.15) is 0 Å². The summed E-state index contributed by atoms with van der Waals surface area (Å²) in [4.78, 5) is 23.2. The third-order valence-electron chi connectivity index (χ3n) is 12.4. The molecule has 63 heavy (non-hydrogen) atoms. The van der Waals surface area contributed by atoms with Gasteiger partial charge in [0.05, 0.1) is 39.9 Å². The lowest BCUT2D eigenvalue weighted by atomic mass is 10.0. The monoisotopic (exact) mass is 912 g/mol. The number of phosphoric ester groups is 1. The van der Waals surface area contributed by atoms with Gasteiger partial charge in [0.1, 0.15) is 13.2 Å². The number of nitrogens with one attached hydrogen (secondary N) is 1. The quantitative estimate of drug-likeness (QED) is 0.0243. The van der Waals surface area contributed by atoms with Crippen molar-refractivity contribution >= 4 is 13.7 Å². The first-order valence-corrected chi connectivity index (χ1v) is 28.7. The SMILES string of the molecule is CCCCCCCCCC/C=C\CCCCCCCCCCCCCCCCCC(=O)NC(COP(=O)(O)OCC[N+](C)(C)C)C(O)/C=C/CCCCCCCCCCCCCC. The number of amides is 1. The van der Waals surface area contributed by atoms with Gasteiger partial charge in [0.2, 0.25) is 5.91 Å². The number of carbonyl (C=O) groups is 1. The van der Waals surface area contributed by atoms with Crippen LogP contribution in [-0.4, -0.2) is 73.4 Å². The van der Waals surface area contributed by atoms with Gasteiger partial charge in [0, 0.05) is 6.42 Å². The molecule has 0 spiro atoms. The van der Waals surface area contributed by atoms with Crippen molar-refractivity contribution in [1.82, 2.24) is 5.32 Å². The van der Waals surface area contributed by atoms with Crippen molar-refractivity contribution in [1.29, 1.82) is 0 Å². The molecule has 3 atom stereocenters. The van der Waals surface area contributed by atoms with E-state index in [0.717, 1.165) is 38.5 Å². The van der Waals surface area contributed by atoms with Crippen molar-refractivity contribution in [2.24, 2.45) is 0 Å². The average molecular weight is 912 g/mol. The molecule has 1 amide bonds. The van der Waals surface area contributed by atoms with Gasteiger partial charge in [-0.1, -0.05) is 237 Å². The van der Waals surface area contributed by atoms with Crippen molar-refractivity contribution in [3.8, 4) is 0 Å². The van der Waals surface area contributed by atoms with Crippen LogP contribution in [0.3, 0.4) is 0 Å². The first-order valence-electron chi connectivity index (χ1n) is 27.2. The standard InChI is InChI=1S/C54H107N2O6P/c1-6-8-10-12-14-16-18-20-22-23-24-25-26-27-28-29-30-31-32-33-34-36-38-40-42-44-46-48-54(58)55-52(51-62-63(59,60)61-50-49-56(3,4)5)53(57)47-45-43-41-39-37-35-21-19-17-15-13-11-9-7-2/h23-24,45,47,52-53,57H,6-22,25-44,46,48-51H2,1-5H3,(H-,55,58,59,60)/p+1/b24-23-,47-45+. The van der Waals surface area contributed by atoms with E-state index in [1.807, 2.05) is 27.2 Å². The Kier molecular flexibility index (Phi) is 45.4. The molecule has 0 bridgehead atoms. The van der Waals surface area contributed by atoms with Crippen LogP contribution in [0.1, 0.15) is 264 Å². The van der Waals surface area contributed by atoms with E-state index in [9.17, 15) is 19.4 Å². The van der Waals surface area contributed by atoms with Gasteiger partial charge < -0.3 is 19.8 Å². The summed E-state index contributed by atoms with van der Waals surface area (Å²) in [6.07, 6.45) is 57.0. The predicted octanol–water partition coefficient (Wildman–Crippen LogP) is 16.0. The maximum atomic E-state index is 12.9. The van der Waals surface area contributed by atoms with Gasteiger partial charge in [-0.05, 0) is 44.9 Å². The van der Waals surface area contributed by atoms with Gasteiger partial charge in [0.15, 0.2) is 0 Å². The van der Waals surface area contributed by atoms with Crippen molar-refractivity contribution in [3.05, 3.63) is 24.3 Å². The number of hydrogen-bond acceptors (Lipinski definition) is 5. The van der Waals surface area contributed by atoms with Crippen LogP contribution in [0.4, 0.5) is 0 Å². The Morgan fingerprint density at radius 3 is 1.22 bits per heavy atom. The van der Waals surface area contributed by atoms with E-state index >= 15 is 0 Å². The first-order chi connectivity index (χ1) is 30.5. The molecule has 0 rings (SSSR count). The normalized spacial score (nSPS) is 14.2. The smallest absolute Gasteiger partial charge is 0.387 e. The highest BCUT2D eigenvalue weighted by Gasteiger charge is 2.27. The number of hydrogen-bond donors (Lipinski definition) is 3. The first kappa shape index (κ1) is 62.0. The van der Waals surface area contributed by atoms with Gasteiger partial charge in [-0.15, -0.1) is 0 Å². The molecule has 0 aliphatic carbocycles. The number of aliphatic hydroxyl groups is 1. The molecule has 0 radical (unpaired) electrons. The fraction of sp³-hybridized carbons (Fsp3) is 0.907. The van der Waals surface area contributed by atoms with Gasteiger partial charge in [-0.25, -0.2) is 4.57 Å².